The molecule has 7 nitrogen and oxygen atoms in total. The van der Waals surface area contributed by atoms with Crippen LogP contribution in [0.3, 0.4) is 0 Å². The smallest absolute Gasteiger partial charge is 0.255 e. The molecule has 0 aliphatic carbocycles. The Morgan fingerprint density at radius 1 is 0.933 bits per heavy atom. The van der Waals surface area contributed by atoms with Gasteiger partial charge in [-0.2, -0.15) is 4.31 Å². The molecule has 2 heterocycles. The zero-order chi connectivity index (χ0) is 21.1. The van der Waals surface area contributed by atoms with Crippen LogP contribution in [0.5, 0.6) is 0 Å². The van der Waals surface area contributed by atoms with Gasteiger partial charge in [0.25, 0.3) is 5.91 Å². The summed E-state index contributed by atoms with van der Waals surface area (Å²) in [4.78, 5) is 24.6. The third-order valence-electron chi connectivity index (χ3n) is 5.56. The molecule has 30 heavy (non-hydrogen) atoms. The van der Waals surface area contributed by atoms with Crippen LogP contribution < -0.4 is 10.6 Å². The molecule has 158 valence electrons. The molecule has 2 aliphatic heterocycles. The van der Waals surface area contributed by atoms with Crippen LogP contribution in [0.1, 0.15) is 48.0 Å². The molecule has 0 unspecified atom stereocenters. The molecule has 2 N–H and O–H groups in total. The van der Waals surface area contributed by atoms with Gasteiger partial charge in [-0.05, 0) is 73.7 Å². The number of benzene rings is 2. The number of sulfonamides is 1. The van der Waals surface area contributed by atoms with E-state index in [1.165, 1.54) is 16.4 Å². The normalized spacial score (nSPS) is 17.5. The molecular formula is C22H25N3O4S. The lowest BCUT2D eigenvalue weighted by Gasteiger charge is -2.25. The van der Waals surface area contributed by atoms with Crippen LogP contribution in [0.15, 0.2) is 47.4 Å². The Kier molecular flexibility index (Phi) is 5.87. The number of carbonyl (C=O) groups excluding carboxylic acids is 2. The van der Waals surface area contributed by atoms with Gasteiger partial charge < -0.3 is 10.6 Å². The number of anilines is 2. The van der Waals surface area contributed by atoms with Crippen molar-refractivity contribution in [3.05, 3.63) is 53.6 Å². The zero-order valence-electron chi connectivity index (χ0n) is 16.7. The number of hydrogen-bond donors (Lipinski definition) is 2. The van der Waals surface area contributed by atoms with Crippen molar-refractivity contribution >= 4 is 33.2 Å². The third-order valence-corrected chi connectivity index (χ3v) is 7.47. The van der Waals surface area contributed by atoms with Crippen molar-refractivity contribution in [3.8, 4) is 0 Å². The van der Waals surface area contributed by atoms with Crippen molar-refractivity contribution in [1.82, 2.24) is 4.31 Å². The molecule has 4 rings (SSSR count). The number of nitrogens with one attached hydrogen (secondary N) is 2. The zero-order valence-corrected chi connectivity index (χ0v) is 17.5. The lowest BCUT2D eigenvalue weighted by atomic mass is 10.0. The molecule has 1 fully saturated rings. The Morgan fingerprint density at radius 3 is 2.40 bits per heavy atom. The molecule has 2 aromatic rings. The van der Waals surface area contributed by atoms with Crippen molar-refractivity contribution in [2.75, 3.05) is 23.7 Å². The summed E-state index contributed by atoms with van der Waals surface area (Å²) in [5.41, 5.74) is 2.72. The average Bonchev–Trinajstić information content (AvgIpc) is 2.94. The second kappa shape index (κ2) is 8.57. The van der Waals surface area contributed by atoms with E-state index in [1.807, 2.05) is 0 Å². The van der Waals surface area contributed by atoms with Crippen LogP contribution in [0, 0.1) is 0 Å². The molecule has 8 heteroatoms. The predicted octanol–water partition coefficient (Wildman–Crippen LogP) is 3.39. The van der Waals surface area contributed by atoms with Crippen molar-refractivity contribution in [2.45, 2.75) is 43.4 Å². The van der Waals surface area contributed by atoms with E-state index >= 15 is 0 Å². The lowest BCUT2D eigenvalue weighted by Crippen LogP contribution is -2.35. The van der Waals surface area contributed by atoms with Gasteiger partial charge in [-0.15, -0.1) is 0 Å². The minimum atomic E-state index is -3.49. The van der Waals surface area contributed by atoms with Gasteiger partial charge in [0.2, 0.25) is 15.9 Å². The highest BCUT2D eigenvalue weighted by Crippen LogP contribution is 2.25. The van der Waals surface area contributed by atoms with Gasteiger partial charge in [-0.3, -0.25) is 9.59 Å². The molecule has 0 spiro atoms. The van der Waals surface area contributed by atoms with Gasteiger partial charge in [0.1, 0.15) is 0 Å². The number of hydrogen-bond acceptors (Lipinski definition) is 4. The summed E-state index contributed by atoms with van der Waals surface area (Å²) in [5.74, 6) is -0.287. The van der Waals surface area contributed by atoms with E-state index in [1.54, 1.807) is 30.3 Å². The summed E-state index contributed by atoms with van der Waals surface area (Å²) in [6.07, 6.45) is 4.79. The van der Waals surface area contributed by atoms with Crippen molar-refractivity contribution in [2.24, 2.45) is 0 Å². The molecule has 0 atom stereocenters. The van der Waals surface area contributed by atoms with E-state index in [4.69, 9.17) is 0 Å². The van der Waals surface area contributed by atoms with Gasteiger partial charge >= 0.3 is 0 Å². The maximum Gasteiger partial charge on any atom is 0.255 e. The topological polar surface area (TPSA) is 95.6 Å². The fraction of sp³-hybridized carbons (Fsp3) is 0.364. The van der Waals surface area contributed by atoms with Crippen LogP contribution in [0.2, 0.25) is 0 Å². The molecule has 1 saturated heterocycles. The molecule has 2 aromatic carbocycles. The SMILES string of the molecule is O=C1CCCc2cc(C(=O)Nc3ccc(S(=O)(=O)N4CCCCC4)cc3)ccc2N1. The van der Waals surface area contributed by atoms with Crippen LogP contribution in [0.25, 0.3) is 0 Å². The van der Waals surface area contributed by atoms with Gasteiger partial charge in [0.15, 0.2) is 0 Å². The van der Waals surface area contributed by atoms with E-state index in [2.05, 4.69) is 10.6 Å². The maximum atomic E-state index is 12.7. The number of nitrogens with zero attached hydrogens (tertiary/aromatic N) is 1. The highest BCUT2D eigenvalue weighted by Gasteiger charge is 2.25. The summed E-state index contributed by atoms with van der Waals surface area (Å²) in [5, 5.41) is 5.67. The first kappa shape index (κ1) is 20.6. The fourth-order valence-corrected chi connectivity index (χ4v) is 5.40. The Bertz CT molecular complexity index is 1060. The van der Waals surface area contributed by atoms with Crippen molar-refractivity contribution in [3.63, 3.8) is 0 Å². The Labute approximate surface area is 176 Å². The van der Waals surface area contributed by atoms with Gasteiger partial charge in [-0.25, -0.2) is 8.42 Å². The number of rotatable bonds is 4. The van der Waals surface area contributed by atoms with Gasteiger partial charge in [0.05, 0.1) is 4.90 Å². The standard InChI is InChI=1S/C22H25N3O4S/c26-21-6-4-5-16-15-17(7-12-20(16)24-21)22(27)23-18-8-10-19(11-9-18)30(28,29)25-13-2-1-3-14-25/h7-12,15H,1-6,13-14H2,(H,23,27)(H,24,26). The Morgan fingerprint density at radius 2 is 1.67 bits per heavy atom. The minimum absolute atomic E-state index is 0.00875. The molecule has 0 aromatic heterocycles. The summed E-state index contributed by atoms with van der Waals surface area (Å²) < 4.78 is 27.0. The molecule has 0 bridgehead atoms. The summed E-state index contributed by atoms with van der Waals surface area (Å²) in [7, 11) is -3.49. The quantitative estimate of drug-likeness (QED) is 0.782. The monoisotopic (exact) mass is 427 g/mol. The second-order valence-electron chi connectivity index (χ2n) is 7.72. The van der Waals surface area contributed by atoms with E-state index < -0.39 is 10.0 Å². The number of piperidine rings is 1. The van der Waals surface area contributed by atoms with Crippen LogP contribution in [-0.4, -0.2) is 37.6 Å². The highest BCUT2D eigenvalue weighted by atomic mass is 32.2. The lowest BCUT2D eigenvalue weighted by molar-refractivity contribution is -0.116. The summed E-state index contributed by atoms with van der Waals surface area (Å²) in [6.45, 7) is 1.11. The molecule has 0 saturated carbocycles. The molecule has 2 aliphatic rings. The first-order valence-electron chi connectivity index (χ1n) is 10.3. The van der Waals surface area contributed by atoms with Crippen molar-refractivity contribution in [1.29, 1.82) is 0 Å². The average molecular weight is 428 g/mol. The largest absolute Gasteiger partial charge is 0.326 e. The minimum Gasteiger partial charge on any atom is -0.326 e. The van der Waals surface area contributed by atoms with Crippen molar-refractivity contribution < 1.29 is 18.0 Å². The second-order valence-corrected chi connectivity index (χ2v) is 9.65. The number of aryl methyl sites for hydroxylation is 1. The highest BCUT2D eigenvalue weighted by molar-refractivity contribution is 7.89. The van der Waals surface area contributed by atoms with Crippen LogP contribution in [-0.2, 0) is 21.2 Å². The summed E-state index contributed by atoms with van der Waals surface area (Å²) in [6, 6.07) is 11.5. The third kappa shape index (κ3) is 4.39. The van der Waals surface area contributed by atoms with E-state index in [-0.39, 0.29) is 16.7 Å². The van der Waals surface area contributed by atoms with Gasteiger partial charge in [0, 0.05) is 36.4 Å². The molecule has 0 radical (unpaired) electrons. The van der Waals surface area contributed by atoms with E-state index in [9.17, 15) is 18.0 Å². The molecule has 2 amide bonds. The maximum absolute atomic E-state index is 12.7. The first-order chi connectivity index (χ1) is 14.4. The van der Waals surface area contributed by atoms with Crippen LogP contribution >= 0.6 is 0 Å². The van der Waals surface area contributed by atoms with Gasteiger partial charge in [-0.1, -0.05) is 6.42 Å². The Hall–Kier alpha value is -2.71. The van der Waals surface area contributed by atoms with E-state index in [0.717, 1.165) is 43.4 Å². The van der Waals surface area contributed by atoms with E-state index in [0.29, 0.717) is 30.8 Å². The van der Waals surface area contributed by atoms with Crippen LogP contribution in [0.4, 0.5) is 11.4 Å². The summed E-state index contributed by atoms with van der Waals surface area (Å²) >= 11 is 0. The Balaban J connectivity index is 1.46. The fourth-order valence-electron chi connectivity index (χ4n) is 3.88. The number of carbonyl (C=O) groups is 2. The predicted molar refractivity (Wildman–Crippen MR) is 115 cm³/mol. The molecular weight excluding hydrogens is 402 g/mol. The number of fused-ring (bicyclic) bond motifs is 1. The first-order valence-corrected chi connectivity index (χ1v) is 11.7. The number of amides is 2.